The third kappa shape index (κ3) is 3.40. The summed E-state index contributed by atoms with van der Waals surface area (Å²) in [5, 5.41) is 3.06. The molecule has 0 heterocycles. The van der Waals surface area contributed by atoms with Gasteiger partial charge >= 0.3 is 0 Å². The van der Waals surface area contributed by atoms with Crippen LogP contribution in [0.3, 0.4) is 0 Å². The second-order valence-corrected chi connectivity index (χ2v) is 5.03. The van der Waals surface area contributed by atoms with Crippen molar-refractivity contribution in [1.82, 2.24) is 4.90 Å². The third-order valence-corrected chi connectivity index (χ3v) is 3.45. The number of amides is 1. The zero-order chi connectivity index (χ0) is 15.4. The van der Waals surface area contributed by atoms with Crippen molar-refractivity contribution < 1.29 is 9.18 Å². The molecule has 110 valence electrons. The zero-order valence-corrected chi connectivity index (χ0v) is 12.5. The molecule has 0 aliphatic heterocycles. The topological polar surface area (TPSA) is 32.3 Å². The fourth-order valence-electron chi connectivity index (χ4n) is 2.25. The highest BCUT2D eigenvalue weighted by Gasteiger charge is 2.14. The van der Waals surface area contributed by atoms with Crippen LogP contribution in [0.1, 0.15) is 21.5 Å². The van der Waals surface area contributed by atoms with E-state index in [0.29, 0.717) is 11.1 Å². The minimum absolute atomic E-state index is 0.121. The van der Waals surface area contributed by atoms with Gasteiger partial charge in [-0.15, -0.1) is 0 Å². The highest BCUT2D eigenvalue weighted by atomic mass is 19.1. The number of carbonyl (C=O) groups is 1. The molecular weight excluding hydrogens is 267 g/mol. The number of hydrogen-bond donors (Lipinski definition) is 1. The molecule has 0 saturated heterocycles. The minimum Gasteiger partial charge on any atom is -0.388 e. The Morgan fingerprint density at radius 1 is 1.24 bits per heavy atom. The van der Waals surface area contributed by atoms with E-state index in [1.165, 1.54) is 11.0 Å². The van der Waals surface area contributed by atoms with E-state index in [9.17, 15) is 9.18 Å². The number of benzene rings is 2. The summed E-state index contributed by atoms with van der Waals surface area (Å²) in [5.74, 6) is -0.414. The molecule has 2 aromatic rings. The molecule has 0 spiro atoms. The van der Waals surface area contributed by atoms with Crippen LogP contribution in [0, 0.1) is 12.7 Å². The summed E-state index contributed by atoms with van der Waals surface area (Å²) < 4.78 is 13.6. The molecule has 0 unspecified atom stereocenters. The van der Waals surface area contributed by atoms with E-state index in [1.807, 2.05) is 26.1 Å². The van der Waals surface area contributed by atoms with Gasteiger partial charge < -0.3 is 10.2 Å². The SMILES string of the molecule is CNc1ccc(C(=O)N(C)Cc2ccccc2F)cc1C. The Morgan fingerprint density at radius 2 is 1.95 bits per heavy atom. The lowest BCUT2D eigenvalue weighted by molar-refractivity contribution is 0.0784. The molecule has 2 rings (SSSR count). The number of anilines is 1. The van der Waals surface area contributed by atoms with Gasteiger partial charge in [-0.3, -0.25) is 4.79 Å². The van der Waals surface area contributed by atoms with Gasteiger partial charge in [-0.25, -0.2) is 4.39 Å². The first-order chi connectivity index (χ1) is 10.0. The van der Waals surface area contributed by atoms with E-state index < -0.39 is 0 Å². The first kappa shape index (κ1) is 15.0. The summed E-state index contributed by atoms with van der Waals surface area (Å²) in [7, 11) is 3.52. The van der Waals surface area contributed by atoms with Gasteiger partial charge in [0.05, 0.1) is 0 Å². The molecule has 0 fully saturated rings. The van der Waals surface area contributed by atoms with Gasteiger partial charge in [-0.05, 0) is 36.8 Å². The maximum atomic E-state index is 13.6. The number of halogens is 1. The Morgan fingerprint density at radius 3 is 2.57 bits per heavy atom. The second-order valence-electron chi connectivity index (χ2n) is 5.03. The van der Waals surface area contributed by atoms with E-state index in [0.717, 1.165) is 11.3 Å². The van der Waals surface area contributed by atoms with Crippen LogP contribution in [0.5, 0.6) is 0 Å². The normalized spacial score (nSPS) is 10.3. The summed E-state index contributed by atoms with van der Waals surface area (Å²) in [6, 6.07) is 12.0. The van der Waals surface area contributed by atoms with E-state index in [4.69, 9.17) is 0 Å². The van der Waals surface area contributed by atoms with Crippen LogP contribution in [0.15, 0.2) is 42.5 Å². The highest BCUT2D eigenvalue weighted by Crippen LogP contribution is 2.18. The van der Waals surface area contributed by atoms with Gasteiger partial charge in [0.1, 0.15) is 5.82 Å². The van der Waals surface area contributed by atoms with Crippen LogP contribution >= 0.6 is 0 Å². The lowest BCUT2D eigenvalue weighted by Crippen LogP contribution is -2.26. The maximum Gasteiger partial charge on any atom is 0.253 e. The molecule has 0 aliphatic rings. The maximum absolute atomic E-state index is 13.6. The summed E-state index contributed by atoms with van der Waals surface area (Å²) >= 11 is 0. The Labute approximate surface area is 124 Å². The van der Waals surface area contributed by atoms with Crippen LogP contribution < -0.4 is 5.32 Å². The van der Waals surface area contributed by atoms with Crippen molar-refractivity contribution in [1.29, 1.82) is 0 Å². The molecule has 2 aromatic carbocycles. The lowest BCUT2D eigenvalue weighted by atomic mass is 10.1. The number of carbonyl (C=O) groups excluding carboxylic acids is 1. The van der Waals surface area contributed by atoms with Gasteiger partial charge in [0.2, 0.25) is 0 Å². The molecule has 21 heavy (non-hydrogen) atoms. The van der Waals surface area contributed by atoms with E-state index >= 15 is 0 Å². The van der Waals surface area contributed by atoms with Gasteiger partial charge in [-0.2, -0.15) is 0 Å². The average Bonchev–Trinajstić information content (AvgIpc) is 2.48. The molecular formula is C17H19FN2O. The molecule has 1 N–H and O–H groups in total. The quantitative estimate of drug-likeness (QED) is 0.933. The molecule has 1 amide bonds. The van der Waals surface area contributed by atoms with Gasteiger partial charge in [-0.1, -0.05) is 18.2 Å². The fraction of sp³-hybridized carbons (Fsp3) is 0.235. The Kier molecular flexibility index (Phi) is 4.58. The molecule has 0 atom stereocenters. The summed E-state index contributed by atoms with van der Waals surface area (Å²) in [5.41, 5.74) is 3.10. The Bertz CT molecular complexity index is 655. The Balaban J connectivity index is 2.16. The first-order valence-electron chi connectivity index (χ1n) is 6.80. The molecule has 3 nitrogen and oxygen atoms in total. The number of nitrogens with zero attached hydrogens (tertiary/aromatic N) is 1. The van der Waals surface area contributed by atoms with Crippen molar-refractivity contribution in [2.24, 2.45) is 0 Å². The monoisotopic (exact) mass is 286 g/mol. The largest absolute Gasteiger partial charge is 0.388 e. The van der Waals surface area contributed by atoms with Crippen molar-refractivity contribution >= 4 is 11.6 Å². The highest BCUT2D eigenvalue weighted by molar-refractivity contribution is 5.94. The smallest absolute Gasteiger partial charge is 0.253 e. The summed E-state index contributed by atoms with van der Waals surface area (Å²) in [4.78, 5) is 13.9. The zero-order valence-electron chi connectivity index (χ0n) is 12.5. The number of aryl methyl sites for hydroxylation is 1. The van der Waals surface area contributed by atoms with Crippen molar-refractivity contribution in [3.8, 4) is 0 Å². The lowest BCUT2D eigenvalue weighted by Gasteiger charge is -2.18. The fourth-order valence-corrected chi connectivity index (χ4v) is 2.25. The average molecular weight is 286 g/mol. The second kappa shape index (κ2) is 6.39. The van der Waals surface area contributed by atoms with Crippen molar-refractivity contribution in [2.45, 2.75) is 13.5 Å². The van der Waals surface area contributed by atoms with E-state index in [2.05, 4.69) is 5.32 Å². The van der Waals surface area contributed by atoms with E-state index in [-0.39, 0.29) is 18.3 Å². The van der Waals surface area contributed by atoms with Crippen molar-refractivity contribution in [3.05, 3.63) is 65.0 Å². The molecule has 0 radical (unpaired) electrons. The predicted molar refractivity (Wildman–Crippen MR) is 82.9 cm³/mol. The third-order valence-electron chi connectivity index (χ3n) is 3.45. The van der Waals surface area contributed by atoms with Crippen LogP contribution in [0.25, 0.3) is 0 Å². The summed E-state index contributed by atoms with van der Waals surface area (Å²) in [6.45, 7) is 2.19. The molecule has 0 saturated carbocycles. The van der Waals surface area contributed by atoms with Crippen molar-refractivity contribution in [2.75, 3.05) is 19.4 Å². The summed E-state index contributed by atoms with van der Waals surface area (Å²) in [6.07, 6.45) is 0. The minimum atomic E-state index is -0.293. The molecule has 0 bridgehead atoms. The van der Waals surface area contributed by atoms with Crippen LogP contribution in [-0.4, -0.2) is 24.9 Å². The number of hydrogen-bond acceptors (Lipinski definition) is 2. The molecule has 0 aliphatic carbocycles. The molecule has 0 aromatic heterocycles. The van der Waals surface area contributed by atoms with E-state index in [1.54, 1.807) is 31.3 Å². The number of nitrogens with one attached hydrogen (secondary N) is 1. The Hall–Kier alpha value is -2.36. The molecule has 4 heteroatoms. The van der Waals surface area contributed by atoms with Crippen LogP contribution in [0.2, 0.25) is 0 Å². The number of rotatable bonds is 4. The van der Waals surface area contributed by atoms with Crippen LogP contribution in [0.4, 0.5) is 10.1 Å². The van der Waals surface area contributed by atoms with Gasteiger partial charge in [0, 0.05) is 37.5 Å². The van der Waals surface area contributed by atoms with Gasteiger partial charge in [0.15, 0.2) is 0 Å². The standard InChI is InChI=1S/C17H19FN2O/c1-12-10-13(8-9-16(12)19-2)17(21)20(3)11-14-6-4-5-7-15(14)18/h4-10,19H,11H2,1-3H3. The predicted octanol–water partition coefficient (Wildman–Crippen LogP) is 3.45. The first-order valence-corrected chi connectivity index (χ1v) is 6.80. The van der Waals surface area contributed by atoms with Crippen molar-refractivity contribution in [3.63, 3.8) is 0 Å². The van der Waals surface area contributed by atoms with Crippen LogP contribution in [-0.2, 0) is 6.54 Å². The van der Waals surface area contributed by atoms with Gasteiger partial charge in [0.25, 0.3) is 5.91 Å².